The van der Waals surface area contributed by atoms with Gasteiger partial charge in [0.15, 0.2) is 0 Å². The van der Waals surface area contributed by atoms with E-state index in [1.165, 1.54) is 17.4 Å². The molecule has 0 aliphatic rings. The molecule has 0 bridgehead atoms. The number of fused-ring (bicyclic) bond motifs is 1. The highest BCUT2D eigenvalue weighted by atomic mass is 32.1. The molecule has 7 heteroatoms. The highest BCUT2D eigenvalue weighted by Crippen LogP contribution is 2.37. The van der Waals surface area contributed by atoms with E-state index >= 15 is 0 Å². The van der Waals surface area contributed by atoms with Gasteiger partial charge in [-0.3, -0.25) is 9.20 Å². The summed E-state index contributed by atoms with van der Waals surface area (Å²) in [4.78, 5) is 17.4. The summed E-state index contributed by atoms with van der Waals surface area (Å²) in [6.45, 7) is 0.0712. The highest BCUT2D eigenvalue weighted by Gasteiger charge is 2.17. The molecule has 0 aliphatic carbocycles. The number of ether oxygens (including phenoxy) is 1. The van der Waals surface area contributed by atoms with Crippen molar-refractivity contribution in [3.63, 3.8) is 0 Å². The van der Waals surface area contributed by atoms with Gasteiger partial charge in [-0.25, -0.2) is 9.37 Å². The molecule has 1 amide bonds. The Morgan fingerprint density at radius 1 is 1.22 bits per heavy atom. The van der Waals surface area contributed by atoms with Gasteiger partial charge >= 0.3 is 0 Å². The minimum atomic E-state index is -0.447. The third-order valence-corrected chi connectivity index (χ3v) is 5.25. The number of hydrogen-bond donors (Lipinski definition) is 1. The summed E-state index contributed by atoms with van der Waals surface area (Å²) >= 11 is 1.42. The van der Waals surface area contributed by atoms with Gasteiger partial charge in [0.05, 0.1) is 28.1 Å². The molecular weight excluding hydrogens is 365 g/mol. The quantitative estimate of drug-likeness (QED) is 0.552. The summed E-state index contributed by atoms with van der Waals surface area (Å²) in [6, 6.07) is 14.0. The van der Waals surface area contributed by atoms with Crippen molar-refractivity contribution in [3.05, 3.63) is 77.2 Å². The number of benzene rings is 1. The Kier molecular flexibility index (Phi) is 4.60. The number of carbonyl (C=O) groups excluding carboxylic acids is 1. The fraction of sp³-hybridized carbons (Fsp3) is 0.100. The van der Waals surface area contributed by atoms with E-state index in [-0.39, 0.29) is 18.8 Å². The van der Waals surface area contributed by atoms with Crippen molar-refractivity contribution >= 4 is 22.9 Å². The van der Waals surface area contributed by atoms with E-state index in [9.17, 15) is 9.18 Å². The Balaban J connectivity index is 1.68. The fourth-order valence-corrected chi connectivity index (χ4v) is 3.95. The molecule has 5 nitrogen and oxygen atoms in total. The molecule has 1 aromatic carbocycles. The van der Waals surface area contributed by atoms with E-state index in [2.05, 4.69) is 4.98 Å². The maximum atomic E-state index is 13.8. The van der Waals surface area contributed by atoms with Crippen molar-refractivity contribution in [2.75, 3.05) is 0 Å². The number of halogens is 1. The van der Waals surface area contributed by atoms with Crippen LogP contribution in [0.4, 0.5) is 4.39 Å². The summed E-state index contributed by atoms with van der Waals surface area (Å²) in [5.74, 6) is -0.244. The Labute approximate surface area is 158 Å². The van der Waals surface area contributed by atoms with Crippen LogP contribution >= 0.6 is 11.3 Å². The van der Waals surface area contributed by atoms with Gasteiger partial charge in [-0.2, -0.15) is 0 Å². The largest absolute Gasteiger partial charge is 0.488 e. The highest BCUT2D eigenvalue weighted by molar-refractivity contribution is 7.15. The number of imidazole rings is 1. The van der Waals surface area contributed by atoms with Gasteiger partial charge in [0, 0.05) is 17.8 Å². The van der Waals surface area contributed by atoms with Crippen molar-refractivity contribution in [1.29, 1.82) is 0 Å². The molecule has 3 heterocycles. The van der Waals surface area contributed by atoms with Crippen LogP contribution < -0.4 is 10.5 Å². The molecule has 27 heavy (non-hydrogen) atoms. The zero-order valence-corrected chi connectivity index (χ0v) is 15.1. The monoisotopic (exact) mass is 381 g/mol. The molecule has 2 N–H and O–H groups in total. The number of thiophene rings is 1. The summed E-state index contributed by atoms with van der Waals surface area (Å²) < 4.78 is 21.6. The number of rotatable bonds is 6. The van der Waals surface area contributed by atoms with E-state index in [1.54, 1.807) is 24.4 Å². The molecule has 0 saturated carbocycles. The van der Waals surface area contributed by atoms with Gasteiger partial charge in [0.25, 0.3) is 0 Å². The second-order valence-corrected chi connectivity index (χ2v) is 7.13. The summed E-state index contributed by atoms with van der Waals surface area (Å²) in [6.07, 6.45) is 3.76. The minimum absolute atomic E-state index is 0.0635. The number of amides is 1. The predicted octanol–water partition coefficient (Wildman–Crippen LogP) is 3.81. The molecule has 136 valence electrons. The van der Waals surface area contributed by atoms with Crippen LogP contribution in [0.3, 0.4) is 0 Å². The Bertz CT molecular complexity index is 1120. The Hall–Kier alpha value is -3.19. The van der Waals surface area contributed by atoms with Crippen molar-refractivity contribution in [1.82, 2.24) is 9.38 Å². The number of aromatic nitrogens is 2. The van der Waals surface area contributed by atoms with E-state index in [0.29, 0.717) is 16.2 Å². The lowest BCUT2D eigenvalue weighted by molar-refractivity contribution is -0.117. The summed E-state index contributed by atoms with van der Waals surface area (Å²) in [5.41, 5.74) is 7.54. The maximum Gasteiger partial charge on any atom is 0.222 e. The van der Waals surface area contributed by atoms with Crippen LogP contribution in [0.25, 0.3) is 16.2 Å². The molecule has 0 atom stereocenters. The van der Waals surface area contributed by atoms with E-state index in [1.807, 2.05) is 34.9 Å². The average Bonchev–Trinajstić information content (AvgIpc) is 3.24. The van der Waals surface area contributed by atoms with Crippen molar-refractivity contribution in [2.24, 2.45) is 5.73 Å². The van der Waals surface area contributed by atoms with Crippen molar-refractivity contribution < 1.29 is 13.9 Å². The molecule has 4 aromatic rings. The summed E-state index contributed by atoms with van der Waals surface area (Å²) in [7, 11) is 0. The van der Waals surface area contributed by atoms with Crippen LogP contribution in [0.2, 0.25) is 0 Å². The first-order valence-corrected chi connectivity index (χ1v) is 9.13. The van der Waals surface area contributed by atoms with E-state index in [4.69, 9.17) is 10.5 Å². The predicted molar refractivity (Wildman–Crippen MR) is 102 cm³/mol. The van der Waals surface area contributed by atoms with E-state index in [0.717, 1.165) is 16.2 Å². The standard InChI is InChI=1S/C20H16FN3O2S/c21-14-6-2-1-5-13(14)12-26-16-9-17(27-18(16)10-19(22)25)15-11-23-20-7-3-4-8-24(15)20/h1-9,11H,10,12H2,(H2,22,25). The molecule has 0 radical (unpaired) electrons. The van der Waals surface area contributed by atoms with Gasteiger partial charge in [0.1, 0.15) is 23.8 Å². The first kappa shape index (κ1) is 17.2. The first-order valence-electron chi connectivity index (χ1n) is 8.31. The third kappa shape index (κ3) is 3.54. The second kappa shape index (κ2) is 7.20. The normalized spacial score (nSPS) is 11.0. The number of nitrogens with two attached hydrogens (primary N) is 1. The SMILES string of the molecule is NC(=O)Cc1sc(-c2cnc3ccccn23)cc1OCc1ccccc1F. The zero-order valence-electron chi connectivity index (χ0n) is 14.3. The lowest BCUT2D eigenvalue weighted by atomic mass is 10.2. The third-order valence-electron chi connectivity index (χ3n) is 4.12. The van der Waals surface area contributed by atoms with Crippen LogP contribution in [0.15, 0.2) is 60.9 Å². The number of primary amides is 1. The van der Waals surface area contributed by atoms with Gasteiger partial charge in [-0.05, 0) is 18.2 Å². The second-order valence-electron chi connectivity index (χ2n) is 5.99. The first-order chi connectivity index (χ1) is 13.1. The Morgan fingerprint density at radius 3 is 2.85 bits per heavy atom. The lowest BCUT2D eigenvalue weighted by Gasteiger charge is -2.07. The van der Waals surface area contributed by atoms with Crippen LogP contribution in [0, 0.1) is 5.82 Å². The lowest BCUT2D eigenvalue weighted by Crippen LogP contribution is -2.13. The molecule has 0 unspecified atom stereocenters. The molecule has 0 spiro atoms. The smallest absolute Gasteiger partial charge is 0.222 e. The van der Waals surface area contributed by atoms with Crippen LogP contribution in [-0.2, 0) is 17.8 Å². The molecular formula is C20H16FN3O2S. The number of nitrogens with zero attached hydrogens (tertiary/aromatic N) is 2. The van der Waals surface area contributed by atoms with Crippen LogP contribution in [0.1, 0.15) is 10.4 Å². The topological polar surface area (TPSA) is 69.6 Å². The van der Waals surface area contributed by atoms with Crippen LogP contribution in [0.5, 0.6) is 5.75 Å². The number of hydrogen-bond acceptors (Lipinski definition) is 4. The van der Waals surface area contributed by atoms with Gasteiger partial charge < -0.3 is 10.5 Å². The maximum absolute atomic E-state index is 13.8. The Morgan fingerprint density at radius 2 is 2.04 bits per heavy atom. The number of pyridine rings is 1. The molecule has 0 fully saturated rings. The molecule has 3 aromatic heterocycles. The average molecular weight is 381 g/mol. The van der Waals surface area contributed by atoms with Crippen molar-refractivity contribution in [3.8, 4) is 16.3 Å². The fourth-order valence-electron chi connectivity index (χ4n) is 2.83. The van der Waals surface area contributed by atoms with Crippen molar-refractivity contribution in [2.45, 2.75) is 13.0 Å². The molecule has 4 rings (SSSR count). The molecule has 0 saturated heterocycles. The van der Waals surface area contributed by atoms with Gasteiger partial charge in [0.2, 0.25) is 5.91 Å². The van der Waals surface area contributed by atoms with Gasteiger partial charge in [-0.1, -0.05) is 24.3 Å². The molecule has 0 aliphatic heterocycles. The van der Waals surface area contributed by atoms with E-state index < -0.39 is 5.91 Å². The number of carbonyl (C=O) groups is 1. The minimum Gasteiger partial charge on any atom is -0.488 e. The zero-order chi connectivity index (χ0) is 18.8. The summed E-state index contributed by atoms with van der Waals surface area (Å²) in [5, 5.41) is 0. The van der Waals surface area contributed by atoms with Gasteiger partial charge in [-0.15, -0.1) is 11.3 Å². The van der Waals surface area contributed by atoms with Crippen LogP contribution in [-0.4, -0.2) is 15.3 Å².